The summed E-state index contributed by atoms with van der Waals surface area (Å²) in [6.07, 6.45) is 0.658. The SMILES string of the molecule is CC(=O)NC1CCN(C(=O)c2ccc(O)cc2F)C1. The van der Waals surface area contributed by atoms with Crippen LogP contribution in [0.15, 0.2) is 18.2 Å². The minimum absolute atomic E-state index is 0.0683. The zero-order valence-corrected chi connectivity index (χ0v) is 10.5. The summed E-state index contributed by atoms with van der Waals surface area (Å²) in [5, 5.41) is 11.8. The molecule has 2 N–H and O–H groups in total. The number of phenols is 1. The molecule has 0 radical (unpaired) electrons. The highest BCUT2D eigenvalue weighted by atomic mass is 19.1. The van der Waals surface area contributed by atoms with Gasteiger partial charge in [0.2, 0.25) is 5.91 Å². The molecule has 1 unspecified atom stereocenters. The minimum Gasteiger partial charge on any atom is -0.508 e. The molecule has 2 rings (SSSR count). The van der Waals surface area contributed by atoms with Crippen molar-refractivity contribution >= 4 is 11.8 Å². The van der Waals surface area contributed by atoms with Crippen LogP contribution in [0.2, 0.25) is 0 Å². The van der Waals surface area contributed by atoms with Gasteiger partial charge < -0.3 is 15.3 Å². The normalized spacial score (nSPS) is 18.4. The fourth-order valence-electron chi connectivity index (χ4n) is 2.20. The van der Waals surface area contributed by atoms with Crippen molar-refractivity contribution in [1.29, 1.82) is 0 Å². The van der Waals surface area contributed by atoms with Crippen LogP contribution in [-0.2, 0) is 4.79 Å². The monoisotopic (exact) mass is 266 g/mol. The second-order valence-electron chi connectivity index (χ2n) is 4.60. The first-order valence-corrected chi connectivity index (χ1v) is 6.02. The van der Waals surface area contributed by atoms with E-state index >= 15 is 0 Å². The average molecular weight is 266 g/mol. The molecule has 1 aromatic rings. The van der Waals surface area contributed by atoms with E-state index in [0.29, 0.717) is 19.5 Å². The lowest BCUT2D eigenvalue weighted by Gasteiger charge is -2.17. The fourth-order valence-corrected chi connectivity index (χ4v) is 2.20. The number of nitrogens with one attached hydrogen (secondary N) is 1. The van der Waals surface area contributed by atoms with Crippen molar-refractivity contribution in [3.63, 3.8) is 0 Å². The Balaban J connectivity index is 2.07. The lowest BCUT2D eigenvalue weighted by atomic mass is 10.2. The Morgan fingerprint density at radius 1 is 1.47 bits per heavy atom. The summed E-state index contributed by atoms with van der Waals surface area (Å²) in [5.74, 6) is -1.53. The summed E-state index contributed by atoms with van der Waals surface area (Å²) in [4.78, 5) is 24.5. The molecule has 0 aliphatic carbocycles. The zero-order valence-electron chi connectivity index (χ0n) is 10.5. The van der Waals surface area contributed by atoms with Gasteiger partial charge in [-0.15, -0.1) is 0 Å². The molecule has 0 aromatic heterocycles. The number of phenolic OH excluding ortho intramolecular Hbond substituents is 1. The van der Waals surface area contributed by atoms with E-state index in [1.165, 1.54) is 24.0 Å². The van der Waals surface area contributed by atoms with Crippen molar-refractivity contribution in [3.05, 3.63) is 29.6 Å². The van der Waals surface area contributed by atoms with Crippen LogP contribution >= 0.6 is 0 Å². The zero-order chi connectivity index (χ0) is 14.0. The Kier molecular flexibility index (Phi) is 3.69. The lowest BCUT2D eigenvalue weighted by Crippen LogP contribution is -2.37. The van der Waals surface area contributed by atoms with E-state index in [2.05, 4.69) is 5.32 Å². The number of halogens is 1. The quantitative estimate of drug-likeness (QED) is 0.835. The van der Waals surface area contributed by atoms with Crippen molar-refractivity contribution in [2.45, 2.75) is 19.4 Å². The Morgan fingerprint density at radius 2 is 2.21 bits per heavy atom. The summed E-state index contributed by atoms with van der Waals surface area (Å²) in [7, 11) is 0. The molecule has 1 fully saturated rings. The van der Waals surface area contributed by atoms with E-state index in [9.17, 15) is 14.0 Å². The minimum atomic E-state index is -0.743. The molecule has 1 aliphatic heterocycles. The van der Waals surface area contributed by atoms with Crippen molar-refractivity contribution in [2.24, 2.45) is 0 Å². The number of hydrogen-bond donors (Lipinski definition) is 2. The molecule has 19 heavy (non-hydrogen) atoms. The van der Waals surface area contributed by atoms with Gasteiger partial charge in [-0.1, -0.05) is 0 Å². The van der Waals surface area contributed by atoms with Crippen LogP contribution in [0.1, 0.15) is 23.7 Å². The molecule has 1 heterocycles. The Labute approximate surface area is 110 Å². The summed E-state index contributed by atoms with van der Waals surface area (Å²) in [5.41, 5.74) is -0.0683. The van der Waals surface area contributed by atoms with Gasteiger partial charge in [-0.3, -0.25) is 9.59 Å². The molecular formula is C13H15FN2O3. The van der Waals surface area contributed by atoms with Crippen molar-refractivity contribution in [2.75, 3.05) is 13.1 Å². The highest BCUT2D eigenvalue weighted by Crippen LogP contribution is 2.19. The number of hydrogen-bond acceptors (Lipinski definition) is 3. The van der Waals surface area contributed by atoms with Crippen LogP contribution in [0, 0.1) is 5.82 Å². The second kappa shape index (κ2) is 5.26. The van der Waals surface area contributed by atoms with E-state index in [-0.39, 0.29) is 23.3 Å². The molecule has 0 saturated carbocycles. The molecule has 102 valence electrons. The number of benzene rings is 1. The van der Waals surface area contributed by atoms with Crippen LogP contribution in [0.3, 0.4) is 0 Å². The molecular weight excluding hydrogens is 251 g/mol. The molecule has 0 bridgehead atoms. The van der Waals surface area contributed by atoms with E-state index in [1.54, 1.807) is 0 Å². The maximum absolute atomic E-state index is 13.6. The lowest BCUT2D eigenvalue weighted by molar-refractivity contribution is -0.119. The van der Waals surface area contributed by atoms with E-state index in [0.717, 1.165) is 6.07 Å². The topological polar surface area (TPSA) is 69.6 Å². The number of rotatable bonds is 2. The third kappa shape index (κ3) is 3.01. The summed E-state index contributed by atoms with van der Waals surface area (Å²) < 4.78 is 13.6. The number of nitrogens with zero attached hydrogens (tertiary/aromatic N) is 1. The van der Waals surface area contributed by atoms with Crippen LogP contribution in [0.4, 0.5) is 4.39 Å². The third-order valence-electron chi connectivity index (χ3n) is 3.07. The number of likely N-dealkylation sites (tertiary alicyclic amines) is 1. The van der Waals surface area contributed by atoms with Gasteiger partial charge in [-0.2, -0.15) is 0 Å². The Hall–Kier alpha value is -2.11. The standard InChI is InChI=1S/C13H15FN2O3/c1-8(17)15-9-4-5-16(7-9)13(19)11-3-2-10(18)6-12(11)14/h2-3,6,9,18H,4-5,7H2,1H3,(H,15,17). The Bertz CT molecular complexity index is 519. The molecule has 1 atom stereocenters. The number of aromatic hydroxyl groups is 1. The van der Waals surface area contributed by atoms with Gasteiger partial charge in [-0.25, -0.2) is 4.39 Å². The van der Waals surface area contributed by atoms with Crippen molar-refractivity contribution in [1.82, 2.24) is 10.2 Å². The maximum Gasteiger partial charge on any atom is 0.256 e. The molecule has 1 aromatic carbocycles. The van der Waals surface area contributed by atoms with Crippen LogP contribution in [-0.4, -0.2) is 41.0 Å². The fraction of sp³-hybridized carbons (Fsp3) is 0.385. The smallest absolute Gasteiger partial charge is 0.256 e. The van der Waals surface area contributed by atoms with Gasteiger partial charge in [0.05, 0.1) is 5.56 Å². The first-order chi connectivity index (χ1) is 8.97. The highest BCUT2D eigenvalue weighted by molar-refractivity contribution is 5.94. The van der Waals surface area contributed by atoms with Crippen LogP contribution < -0.4 is 5.32 Å². The summed E-state index contributed by atoms with van der Waals surface area (Å²) in [6.45, 7) is 2.27. The van der Waals surface area contributed by atoms with Gasteiger partial charge in [0.15, 0.2) is 0 Å². The summed E-state index contributed by atoms with van der Waals surface area (Å²) >= 11 is 0. The second-order valence-corrected chi connectivity index (χ2v) is 4.60. The van der Waals surface area contributed by atoms with E-state index in [1.807, 2.05) is 0 Å². The molecule has 6 heteroatoms. The first kappa shape index (κ1) is 13.3. The van der Waals surface area contributed by atoms with Gasteiger partial charge in [-0.05, 0) is 18.6 Å². The largest absolute Gasteiger partial charge is 0.508 e. The molecule has 2 amide bonds. The number of amides is 2. The van der Waals surface area contributed by atoms with Crippen LogP contribution in [0.25, 0.3) is 0 Å². The van der Waals surface area contributed by atoms with E-state index < -0.39 is 11.7 Å². The Morgan fingerprint density at radius 3 is 2.84 bits per heavy atom. The van der Waals surface area contributed by atoms with Crippen molar-refractivity contribution < 1.29 is 19.1 Å². The molecule has 0 spiro atoms. The predicted octanol–water partition coefficient (Wildman–Crippen LogP) is 0.882. The molecule has 1 saturated heterocycles. The maximum atomic E-state index is 13.6. The molecule has 5 nitrogen and oxygen atoms in total. The first-order valence-electron chi connectivity index (χ1n) is 6.02. The number of carbonyl (C=O) groups excluding carboxylic acids is 2. The number of carbonyl (C=O) groups is 2. The van der Waals surface area contributed by atoms with E-state index in [4.69, 9.17) is 5.11 Å². The summed E-state index contributed by atoms with van der Waals surface area (Å²) in [6, 6.07) is 3.37. The average Bonchev–Trinajstić information content (AvgIpc) is 2.75. The van der Waals surface area contributed by atoms with Crippen molar-refractivity contribution in [3.8, 4) is 5.75 Å². The third-order valence-corrected chi connectivity index (χ3v) is 3.07. The molecule has 1 aliphatic rings. The van der Waals surface area contributed by atoms with Gasteiger partial charge in [0, 0.05) is 32.1 Å². The predicted molar refractivity (Wildman–Crippen MR) is 66.2 cm³/mol. The highest BCUT2D eigenvalue weighted by Gasteiger charge is 2.28. The van der Waals surface area contributed by atoms with Gasteiger partial charge in [0.1, 0.15) is 11.6 Å². The van der Waals surface area contributed by atoms with Gasteiger partial charge >= 0.3 is 0 Å². The van der Waals surface area contributed by atoms with Crippen LogP contribution in [0.5, 0.6) is 5.75 Å². The van der Waals surface area contributed by atoms with Gasteiger partial charge in [0.25, 0.3) is 5.91 Å².